The van der Waals surface area contributed by atoms with Gasteiger partial charge in [0, 0.05) is 23.1 Å². The van der Waals surface area contributed by atoms with Gasteiger partial charge in [0.2, 0.25) is 0 Å². The molecule has 5 heteroatoms. The first-order valence-electron chi connectivity index (χ1n) is 5.96. The lowest BCUT2D eigenvalue weighted by molar-refractivity contribution is 0.563. The van der Waals surface area contributed by atoms with Crippen LogP contribution in [-0.2, 0) is 7.05 Å². The first kappa shape index (κ1) is 12.9. The summed E-state index contributed by atoms with van der Waals surface area (Å²) in [5.74, 6) is 0. The third-order valence-electron chi connectivity index (χ3n) is 3.08. The van der Waals surface area contributed by atoms with E-state index in [1.807, 2.05) is 12.1 Å². The van der Waals surface area contributed by atoms with Gasteiger partial charge in [-0.1, -0.05) is 18.2 Å². The molecule has 0 atom stereocenters. The molecular formula is C15H10BrNO3. The van der Waals surface area contributed by atoms with Gasteiger partial charge in [-0.3, -0.25) is 4.79 Å². The molecule has 0 N–H and O–H groups in total. The zero-order chi connectivity index (χ0) is 14.3. The Morgan fingerprint density at radius 1 is 1.10 bits per heavy atom. The Bertz CT molecular complexity index is 924. The Balaban J connectivity index is 2.38. The highest BCUT2D eigenvalue weighted by Crippen LogP contribution is 2.20. The van der Waals surface area contributed by atoms with Crippen LogP contribution in [-0.4, -0.2) is 4.57 Å². The second kappa shape index (κ2) is 4.76. The molecule has 1 aromatic carbocycles. The van der Waals surface area contributed by atoms with Gasteiger partial charge in [-0.25, -0.2) is 4.79 Å². The fraction of sp³-hybridized carbons (Fsp3) is 0.0667. The molecule has 2 heterocycles. The lowest BCUT2D eigenvalue weighted by Gasteiger charge is -2.05. The van der Waals surface area contributed by atoms with Crippen molar-refractivity contribution in [3.63, 3.8) is 0 Å². The predicted octanol–water partition coefficient (Wildman–Crippen LogP) is 2.92. The molecule has 0 bridgehead atoms. The van der Waals surface area contributed by atoms with Gasteiger partial charge in [0.25, 0.3) is 5.56 Å². The quantitative estimate of drug-likeness (QED) is 0.644. The average Bonchev–Trinajstić information content (AvgIpc) is 2.42. The maximum absolute atomic E-state index is 12.2. The van der Waals surface area contributed by atoms with E-state index >= 15 is 0 Å². The number of para-hydroxylation sites is 1. The van der Waals surface area contributed by atoms with E-state index in [0.717, 1.165) is 9.86 Å². The van der Waals surface area contributed by atoms with Crippen LogP contribution in [0.2, 0.25) is 0 Å². The first-order chi connectivity index (χ1) is 9.56. The van der Waals surface area contributed by atoms with Crippen molar-refractivity contribution in [3.8, 4) is 11.1 Å². The van der Waals surface area contributed by atoms with Gasteiger partial charge in [-0.15, -0.1) is 0 Å². The summed E-state index contributed by atoms with van der Waals surface area (Å²) >= 11 is 3.33. The molecule has 0 fully saturated rings. The maximum Gasteiger partial charge on any atom is 0.344 e. The number of nitrogens with zero attached hydrogens (tertiary/aromatic N) is 1. The van der Waals surface area contributed by atoms with Crippen LogP contribution in [0, 0.1) is 0 Å². The zero-order valence-electron chi connectivity index (χ0n) is 10.6. The number of rotatable bonds is 1. The Hall–Kier alpha value is -2.14. The normalized spacial score (nSPS) is 10.9. The number of aryl methyl sites for hydroxylation is 1. The summed E-state index contributed by atoms with van der Waals surface area (Å²) in [4.78, 5) is 24.2. The van der Waals surface area contributed by atoms with Crippen LogP contribution in [0.3, 0.4) is 0 Å². The first-order valence-corrected chi connectivity index (χ1v) is 6.75. The summed E-state index contributed by atoms with van der Waals surface area (Å²) in [5.41, 5.74) is 0.342. The minimum Gasteiger partial charge on any atom is -0.422 e. The van der Waals surface area contributed by atoms with Crippen LogP contribution in [0.4, 0.5) is 0 Å². The number of halogens is 1. The topological polar surface area (TPSA) is 52.2 Å². The average molecular weight is 332 g/mol. The second-order valence-corrected chi connectivity index (χ2v) is 5.39. The molecule has 100 valence electrons. The van der Waals surface area contributed by atoms with Crippen molar-refractivity contribution in [2.45, 2.75) is 0 Å². The van der Waals surface area contributed by atoms with E-state index in [9.17, 15) is 9.59 Å². The van der Waals surface area contributed by atoms with Gasteiger partial charge < -0.3 is 8.98 Å². The van der Waals surface area contributed by atoms with E-state index in [4.69, 9.17) is 4.42 Å². The molecule has 20 heavy (non-hydrogen) atoms. The van der Waals surface area contributed by atoms with E-state index in [1.54, 1.807) is 37.5 Å². The summed E-state index contributed by atoms with van der Waals surface area (Å²) in [7, 11) is 1.64. The fourth-order valence-electron chi connectivity index (χ4n) is 2.11. The number of fused-ring (bicyclic) bond motifs is 1. The Morgan fingerprint density at radius 3 is 2.65 bits per heavy atom. The molecule has 2 aromatic heterocycles. The summed E-state index contributed by atoms with van der Waals surface area (Å²) in [6, 6.07) is 10.5. The molecule has 4 nitrogen and oxygen atoms in total. The summed E-state index contributed by atoms with van der Waals surface area (Å²) in [6.45, 7) is 0. The number of pyridine rings is 1. The molecule has 3 rings (SSSR count). The molecule has 0 aliphatic carbocycles. The summed E-state index contributed by atoms with van der Waals surface area (Å²) < 4.78 is 7.41. The third-order valence-corrected chi connectivity index (χ3v) is 3.52. The van der Waals surface area contributed by atoms with E-state index in [-0.39, 0.29) is 11.1 Å². The molecule has 0 aliphatic heterocycles. The summed E-state index contributed by atoms with van der Waals surface area (Å²) in [6.07, 6.45) is 1.65. The minimum absolute atomic E-state index is 0.240. The van der Waals surface area contributed by atoms with E-state index < -0.39 is 5.63 Å². The SMILES string of the molecule is Cn1cc(Br)cc(-c2cc3ccccc3oc2=O)c1=O. The lowest BCUT2D eigenvalue weighted by Crippen LogP contribution is -2.20. The molecule has 0 spiro atoms. The number of benzene rings is 1. The van der Waals surface area contributed by atoms with Crippen LogP contribution >= 0.6 is 15.9 Å². The maximum atomic E-state index is 12.2. The van der Waals surface area contributed by atoms with Crippen molar-refractivity contribution in [1.29, 1.82) is 0 Å². The van der Waals surface area contributed by atoms with Crippen molar-refractivity contribution >= 4 is 26.9 Å². The molecule has 0 saturated heterocycles. The largest absolute Gasteiger partial charge is 0.422 e. The van der Waals surface area contributed by atoms with Crippen LogP contribution in [0.25, 0.3) is 22.1 Å². The lowest BCUT2D eigenvalue weighted by atomic mass is 10.1. The van der Waals surface area contributed by atoms with Gasteiger partial charge >= 0.3 is 5.63 Å². The van der Waals surface area contributed by atoms with E-state index in [0.29, 0.717) is 11.1 Å². The zero-order valence-corrected chi connectivity index (χ0v) is 12.2. The number of hydrogen-bond donors (Lipinski definition) is 0. The van der Waals surface area contributed by atoms with Gasteiger partial charge in [0.05, 0.1) is 11.1 Å². The molecule has 0 unspecified atom stereocenters. The Labute approximate surface area is 122 Å². The van der Waals surface area contributed by atoms with E-state index in [2.05, 4.69) is 15.9 Å². The van der Waals surface area contributed by atoms with Crippen molar-refractivity contribution < 1.29 is 4.42 Å². The molecule has 3 aromatic rings. The van der Waals surface area contributed by atoms with Crippen LogP contribution < -0.4 is 11.2 Å². The van der Waals surface area contributed by atoms with Crippen LogP contribution in [0.1, 0.15) is 0 Å². The highest BCUT2D eigenvalue weighted by Gasteiger charge is 2.12. The van der Waals surface area contributed by atoms with Crippen molar-refractivity contribution in [3.05, 3.63) is 67.8 Å². The number of hydrogen-bond acceptors (Lipinski definition) is 3. The van der Waals surface area contributed by atoms with Gasteiger partial charge in [0.15, 0.2) is 0 Å². The Kier molecular flexibility index (Phi) is 3.06. The molecule has 0 aliphatic rings. The molecule has 0 radical (unpaired) electrons. The van der Waals surface area contributed by atoms with Crippen molar-refractivity contribution in [1.82, 2.24) is 4.57 Å². The highest BCUT2D eigenvalue weighted by molar-refractivity contribution is 9.10. The minimum atomic E-state index is -0.515. The monoisotopic (exact) mass is 331 g/mol. The second-order valence-electron chi connectivity index (χ2n) is 4.47. The fourth-order valence-corrected chi connectivity index (χ4v) is 2.65. The van der Waals surface area contributed by atoms with E-state index in [1.165, 1.54) is 4.57 Å². The van der Waals surface area contributed by atoms with Gasteiger partial charge in [-0.2, -0.15) is 0 Å². The molecule has 0 amide bonds. The molecule has 0 saturated carbocycles. The van der Waals surface area contributed by atoms with Crippen molar-refractivity contribution in [2.24, 2.45) is 7.05 Å². The van der Waals surface area contributed by atoms with Gasteiger partial charge in [0.1, 0.15) is 5.58 Å². The number of aromatic nitrogens is 1. The predicted molar refractivity (Wildman–Crippen MR) is 80.9 cm³/mol. The summed E-state index contributed by atoms with van der Waals surface area (Å²) in [5, 5.41) is 0.782. The van der Waals surface area contributed by atoms with Crippen molar-refractivity contribution in [2.75, 3.05) is 0 Å². The van der Waals surface area contributed by atoms with Crippen LogP contribution in [0.5, 0.6) is 0 Å². The van der Waals surface area contributed by atoms with Crippen LogP contribution in [0.15, 0.2) is 61.1 Å². The molecular weight excluding hydrogens is 322 g/mol. The third kappa shape index (κ3) is 2.10. The van der Waals surface area contributed by atoms with Gasteiger partial charge in [-0.05, 0) is 34.1 Å². The Morgan fingerprint density at radius 2 is 1.85 bits per heavy atom. The standard InChI is InChI=1S/C15H10BrNO3/c1-17-8-10(16)7-11(14(17)18)12-6-9-4-2-3-5-13(9)20-15(12)19/h2-8H,1H3. The smallest absolute Gasteiger partial charge is 0.344 e. The highest BCUT2D eigenvalue weighted by atomic mass is 79.9.